The standard InChI is InChI=1S/C17H23N5O3/c1-13-8-19(2)16-5-3-4-6-17(16)20(9-13)11-15(23)12-21-10-14(7-18-21)22(24)25/h3-7,10,13,15,23H,8-9,11-12H2,1-2H3/t13-,15-/m1/s1. The number of aliphatic hydroxyl groups is 1. The molecule has 3 rings (SSSR count). The smallest absolute Gasteiger partial charge is 0.306 e. The van der Waals surface area contributed by atoms with Crippen molar-refractivity contribution in [3.63, 3.8) is 0 Å². The average Bonchev–Trinajstić information content (AvgIpc) is 2.98. The van der Waals surface area contributed by atoms with Crippen molar-refractivity contribution in [2.24, 2.45) is 5.92 Å². The van der Waals surface area contributed by atoms with Gasteiger partial charge in [-0.1, -0.05) is 19.1 Å². The van der Waals surface area contributed by atoms with Crippen LogP contribution in [0.15, 0.2) is 36.7 Å². The molecule has 8 heteroatoms. The molecule has 0 spiro atoms. The summed E-state index contributed by atoms with van der Waals surface area (Å²) in [5, 5.41) is 25.2. The van der Waals surface area contributed by atoms with Crippen molar-refractivity contribution >= 4 is 17.1 Å². The quantitative estimate of drug-likeness (QED) is 0.656. The monoisotopic (exact) mass is 345 g/mol. The summed E-state index contributed by atoms with van der Waals surface area (Å²) in [5.74, 6) is 0.454. The van der Waals surface area contributed by atoms with Gasteiger partial charge in [-0.05, 0) is 18.1 Å². The largest absolute Gasteiger partial charge is 0.389 e. The molecule has 0 bridgehead atoms. The third-order valence-electron chi connectivity index (χ3n) is 4.41. The maximum absolute atomic E-state index is 10.7. The first-order valence-corrected chi connectivity index (χ1v) is 8.34. The zero-order chi connectivity index (χ0) is 18.0. The zero-order valence-corrected chi connectivity index (χ0v) is 14.4. The number of hydrogen-bond acceptors (Lipinski definition) is 6. The number of anilines is 2. The lowest BCUT2D eigenvalue weighted by atomic mass is 10.1. The van der Waals surface area contributed by atoms with E-state index in [2.05, 4.69) is 41.0 Å². The second-order valence-corrected chi connectivity index (χ2v) is 6.71. The Balaban J connectivity index is 1.73. The third kappa shape index (κ3) is 3.90. The van der Waals surface area contributed by atoms with E-state index in [0.717, 1.165) is 24.5 Å². The fourth-order valence-electron chi connectivity index (χ4n) is 3.40. The summed E-state index contributed by atoms with van der Waals surface area (Å²) in [5.41, 5.74) is 2.18. The Morgan fingerprint density at radius 2 is 2.04 bits per heavy atom. The van der Waals surface area contributed by atoms with Gasteiger partial charge in [0.2, 0.25) is 0 Å². The molecule has 8 nitrogen and oxygen atoms in total. The van der Waals surface area contributed by atoms with Crippen molar-refractivity contribution in [3.8, 4) is 0 Å². The number of fused-ring (bicyclic) bond motifs is 1. The Labute approximate surface area is 146 Å². The molecule has 0 saturated heterocycles. The van der Waals surface area contributed by atoms with Gasteiger partial charge in [0.1, 0.15) is 12.4 Å². The highest BCUT2D eigenvalue weighted by Gasteiger charge is 2.24. The van der Waals surface area contributed by atoms with Crippen LogP contribution in [0.3, 0.4) is 0 Å². The SMILES string of the molecule is C[C@@H]1CN(C)c2ccccc2N(C[C@@H](O)Cn2cc([N+](=O)[O-])cn2)C1. The summed E-state index contributed by atoms with van der Waals surface area (Å²) in [6.07, 6.45) is 1.87. The molecule has 2 atom stereocenters. The van der Waals surface area contributed by atoms with Crippen LogP contribution in [0.2, 0.25) is 0 Å². The fourth-order valence-corrected chi connectivity index (χ4v) is 3.40. The first-order valence-electron chi connectivity index (χ1n) is 8.34. The highest BCUT2D eigenvalue weighted by molar-refractivity contribution is 5.72. The molecule has 0 amide bonds. The van der Waals surface area contributed by atoms with Crippen LogP contribution < -0.4 is 9.80 Å². The van der Waals surface area contributed by atoms with Gasteiger partial charge in [-0.3, -0.25) is 14.8 Å². The summed E-state index contributed by atoms with van der Waals surface area (Å²) in [4.78, 5) is 14.7. The van der Waals surface area contributed by atoms with Crippen LogP contribution in [0, 0.1) is 16.0 Å². The van der Waals surface area contributed by atoms with Crippen LogP contribution in [0.1, 0.15) is 6.92 Å². The van der Waals surface area contributed by atoms with E-state index >= 15 is 0 Å². The van der Waals surface area contributed by atoms with Gasteiger partial charge in [-0.2, -0.15) is 5.10 Å². The van der Waals surface area contributed by atoms with Crippen LogP contribution >= 0.6 is 0 Å². The number of nitrogens with zero attached hydrogens (tertiary/aromatic N) is 5. The second kappa shape index (κ2) is 7.10. The third-order valence-corrected chi connectivity index (χ3v) is 4.41. The van der Waals surface area contributed by atoms with Crippen molar-refractivity contribution in [3.05, 3.63) is 46.8 Å². The number of nitro groups is 1. The van der Waals surface area contributed by atoms with E-state index in [4.69, 9.17) is 0 Å². The van der Waals surface area contributed by atoms with Crippen LogP contribution in [0.5, 0.6) is 0 Å². The molecule has 0 unspecified atom stereocenters. The Bertz CT molecular complexity index is 747. The fraction of sp³-hybridized carbons (Fsp3) is 0.471. The number of β-amino-alcohol motifs (C(OH)–C–C–N with tert-alkyl or cyclic N) is 1. The number of hydrogen-bond donors (Lipinski definition) is 1. The van der Waals surface area contributed by atoms with E-state index in [1.807, 2.05) is 12.1 Å². The van der Waals surface area contributed by atoms with Crippen molar-refractivity contribution < 1.29 is 10.0 Å². The highest BCUT2D eigenvalue weighted by atomic mass is 16.6. The predicted molar refractivity (Wildman–Crippen MR) is 96.0 cm³/mol. The van der Waals surface area contributed by atoms with E-state index in [-0.39, 0.29) is 12.2 Å². The van der Waals surface area contributed by atoms with Crippen LogP contribution in [0.4, 0.5) is 17.1 Å². The molecule has 25 heavy (non-hydrogen) atoms. The van der Waals surface area contributed by atoms with E-state index in [0.29, 0.717) is 12.5 Å². The van der Waals surface area contributed by atoms with Crippen molar-refractivity contribution in [2.45, 2.75) is 19.6 Å². The molecule has 0 radical (unpaired) electrons. The number of aliphatic hydroxyl groups excluding tert-OH is 1. The minimum absolute atomic E-state index is 0.0671. The molecule has 134 valence electrons. The normalized spacial score (nSPS) is 18.6. The summed E-state index contributed by atoms with van der Waals surface area (Å²) >= 11 is 0. The van der Waals surface area contributed by atoms with Crippen LogP contribution in [-0.4, -0.2) is 52.6 Å². The first-order chi connectivity index (χ1) is 11.9. The maximum atomic E-state index is 10.7. The summed E-state index contributed by atoms with van der Waals surface area (Å²) in [7, 11) is 2.08. The van der Waals surface area contributed by atoms with Gasteiger partial charge in [0.05, 0.1) is 28.9 Å². The lowest BCUT2D eigenvalue weighted by Gasteiger charge is -2.28. The molecule has 1 N–H and O–H groups in total. The van der Waals surface area contributed by atoms with Crippen molar-refractivity contribution in [2.75, 3.05) is 36.5 Å². The minimum Gasteiger partial charge on any atom is -0.389 e. The van der Waals surface area contributed by atoms with Crippen LogP contribution in [0.25, 0.3) is 0 Å². The number of para-hydroxylation sites is 2. The Morgan fingerprint density at radius 1 is 1.32 bits per heavy atom. The summed E-state index contributed by atoms with van der Waals surface area (Å²) in [6, 6.07) is 8.17. The first kappa shape index (κ1) is 17.2. The van der Waals surface area contributed by atoms with E-state index in [1.165, 1.54) is 17.1 Å². The predicted octanol–water partition coefficient (Wildman–Crippen LogP) is 1.74. The Kier molecular flexibility index (Phi) is 4.89. The van der Waals surface area contributed by atoms with Gasteiger partial charge < -0.3 is 14.9 Å². The summed E-state index contributed by atoms with van der Waals surface area (Å²) in [6.45, 7) is 4.66. The molecule has 1 aromatic heterocycles. The molecule has 1 aromatic carbocycles. The molecule has 1 aliphatic rings. The topological polar surface area (TPSA) is 87.7 Å². The number of rotatable bonds is 5. The number of aromatic nitrogens is 2. The molecule has 0 aliphatic carbocycles. The summed E-state index contributed by atoms with van der Waals surface area (Å²) < 4.78 is 1.42. The van der Waals surface area contributed by atoms with Gasteiger partial charge in [0.25, 0.3) is 0 Å². The minimum atomic E-state index is -0.678. The zero-order valence-electron chi connectivity index (χ0n) is 14.4. The Morgan fingerprint density at radius 3 is 2.72 bits per heavy atom. The van der Waals surface area contributed by atoms with E-state index in [9.17, 15) is 15.2 Å². The maximum Gasteiger partial charge on any atom is 0.306 e. The van der Waals surface area contributed by atoms with Gasteiger partial charge in [0.15, 0.2) is 0 Å². The molecule has 2 aromatic rings. The van der Waals surface area contributed by atoms with Crippen LogP contribution in [-0.2, 0) is 6.54 Å². The van der Waals surface area contributed by atoms with Crippen molar-refractivity contribution in [1.82, 2.24) is 9.78 Å². The van der Waals surface area contributed by atoms with E-state index in [1.54, 1.807) is 0 Å². The van der Waals surface area contributed by atoms with Gasteiger partial charge in [-0.25, -0.2) is 0 Å². The molecule has 0 fully saturated rings. The van der Waals surface area contributed by atoms with Gasteiger partial charge >= 0.3 is 5.69 Å². The lowest BCUT2D eigenvalue weighted by Crippen LogP contribution is -2.37. The average molecular weight is 345 g/mol. The molecule has 0 saturated carbocycles. The Hall–Kier alpha value is -2.61. The molecular formula is C17H23N5O3. The van der Waals surface area contributed by atoms with Gasteiger partial charge in [-0.15, -0.1) is 0 Å². The molecule has 2 heterocycles. The molecular weight excluding hydrogens is 322 g/mol. The second-order valence-electron chi connectivity index (χ2n) is 6.71. The van der Waals surface area contributed by atoms with Crippen molar-refractivity contribution in [1.29, 1.82) is 0 Å². The van der Waals surface area contributed by atoms with Gasteiger partial charge in [0, 0.05) is 26.7 Å². The number of benzene rings is 1. The van der Waals surface area contributed by atoms with E-state index < -0.39 is 11.0 Å². The molecule has 1 aliphatic heterocycles. The lowest BCUT2D eigenvalue weighted by molar-refractivity contribution is -0.385. The highest BCUT2D eigenvalue weighted by Crippen LogP contribution is 2.32.